The van der Waals surface area contributed by atoms with Crippen LogP contribution in [-0.2, 0) is 0 Å². The summed E-state index contributed by atoms with van der Waals surface area (Å²) in [5.74, 6) is 0.307. The number of para-hydroxylation sites is 1. The smallest absolute Gasteiger partial charge is 0.257 e. The molecule has 5 nitrogen and oxygen atoms in total. The largest absolute Gasteiger partial charge is 0.489 e. The van der Waals surface area contributed by atoms with Gasteiger partial charge in [0.1, 0.15) is 12.4 Å². The maximum atomic E-state index is 12.5. The highest BCUT2D eigenvalue weighted by Gasteiger charge is 2.38. The van der Waals surface area contributed by atoms with E-state index in [1.54, 1.807) is 35.2 Å². The Morgan fingerprint density at radius 1 is 1.57 bits per heavy atom. The molecule has 0 radical (unpaired) electrons. The van der Waals surface area contributed by atoms with E-state index in [0.717, 1.165) is 0 Å². The molecule has 1 saturated heterocycles. The van der Waals surface area contributed by atoms with Gasteiger partial charge >= 0.3 is 0 Å². The van der Waals surface area contributed by atoms with Gasteiger partial charge in [0.15, 0.2) is 0 Å². The van der Waals surface area contributed by atoms with Crippen molar-refractivity contribution in [3.8, 4) is 11.8 Å². The predicted molar refractivity (Wildman–Crippen MR) is 77.8 cm³/mol. The van der Waals surface area contributed by atoms with Gasteiger partial charge in [0.2, 0.25) is 0 Å². The summed E-state index contributed by atoms with van der Waals surface area (Å²) in [6, 6.07) is 8.96. The summed E-state index contributed by atoms with van der Waals surface area (Å²) in [6.07, 6.45) is 2.07. The van der Waals surface area contributed by atoms with Crippen molar-refractivity contribution in [2.24, 2.45) is 0 Å². The lowest BCUT2D eigenvalue weighted by molar-refractivity contribution is 0.0476. The van der Waals surface area contributed by atoms with E-state index in [1.165, 1.54) is 0 Å². The van der Waals surface area contributed by atoms with Gasteiger partial charge in [-0.3, -0.25) is 4.79 Å². The van der Waals surface area contributed by atoms with Crippen LogP contribution in [0.2, 0.25) is 0 Å². The Labute approximate surface area is 124 Å². The van der Waals surface area contributed by atoms with Crippen molar-refractivity contribution in [3.05, 3.63) is 42.5 Å². The van der Waals surface area contributed by atoms with Gasteiger partial charge in [0.05, 0.1) is 30.2 Å². The van der Waals surface area contributed by atoms with E-state index < -0.39 is 5.60 Å². The van der Waals surface area contributed by atoms with Crippen molar-refractivity contribution in [2.75, 3.05) is 19.7 Å². The van der Waals surface area contributed by atoms with E-state index in [2.05, 4.69) is 6.58 Å². The van der Waals surface area contributed by atoms with Gasteiger partial charge in [-0.2, -0.15) is 5.26 Å². The number of nitriles is 1. The molecule has 1 atom stereocenters. The number of aliphatic hydroxyl groups is 1. The normalized spacial score (nSPS) is 20.9. The first-order valence-electron chi connectivity index (χ1n) is 6.81. The number of nitrogens with zero attached hydrogens (tertiary/aromatic N) is 2. The summed E-state index contributed by atoms with van der Waals surface area (Å²) in [5, 5.41) is 18.9. The van der Waals surface area contributed by atoms with E-state index >= 15 is 0 Å². The standard InChI is InChI=1S/C16H18N2O3/c1-2-11-21-14-6-4-3-5-13(14)15(19)18-10-8-16(20,12-18)7-9-17/h2-6,20H,1,7-8,10-12H2. The number of β-amino-alcohol motifs (C(OH)–C–C–N with tert-alkyl or cyclic N) is 1. The van der Waals surface area contributed by atoms with Crippen molar-refractivity contribution in [3.63, 3.8) is 0 Å². The minimum atomic E-state index is -1.10. The minimum absolute atomic E-state index is 0.0331. The lowest BCUT2D eigenvalue weighted by Crippen LogP contribution is -2.36. The maximum absolute atomic E-state index is 12.5. The first kappa shape index (κ1) is 15.1. The Morgan fingerprint density at radius 2 is 2.33 bits per heavy atom. The second kappa shape index (κ2) is 6.42. The minimum Gasteiger partial charge on any atom is -0.489 e. The average Bonchev–Trinajstić information content (AvgIpc) is 2.87. The van der Waals surface area contributed by atoms with Crippen LogP contribution < -0.4 is 4.74 Å². The number of carbonyl (C=O) groups excluding carboxylic acids is 1. The Morgan fingerprint density at radius 3 is 3.05 bits per heavy atom. The molecular formula is C16H18N2O3. The van der Waals surface area contributed by atoms with Crippen LogP contribution in [0.5, 0.6) is 5.75 Å². The topological polar surface area (TPSA) is 73.6 Å². The fourth-order valence-corrected chi connectivity index (χ4v) is 2.41. The number of carbonyl (C=O) groups is 1. The van der Waals surface area contributed by atoms with E-state index in [0.29, 0.717) is 30.9 Å². The molecule has 1 unspecified atom stereocenters. The van der Waals surface area contributed by atoms with Crippen molar-refractivity contribution in [1.29, 1.82) is 5.26 Å². The van der Waals surface area contributed by atoms with Gasteiger partial charge in [-0.25, -0.2) is 0 Å². The molecule has 1 aromatic carbocycles. The molecule has 1 fully saturated rings. The van der Waals surface area contributed by atoms with Gasteiger partial charge in [0.25, 0.3) is 5.91 Å². The van der Waals surface area contributed by atoms with Gasteiger partial charge in [-0.15, -0.1) is 0 Å². The zero-order valence-electron chi connectivity index (χ0n) is 11.8. The summed E-state index contributed by atoms with van der Waals surface area (Å²) < 4.78 is 5.49. The summed E-state index contributed by atoms with van der Waals surface area (Å²) in [5.41, 5.74) is -0.637. The molecule has 1 aromatic rings. The summed E-state index contributed by atoms with van der Waals surface area (Å²) in [6.45, 7) is 4.52. The molecule has 1 amide bonds. The third kappa shape index (κ3) is 3.41. The molecule has 1 heterocycles. The monoisotopic (exact) mass is 286 g/mol. The number of hydrogen-bond acceptors (Lipinski definition) is 4. The van der Waals surface area contributed by atoms with Crippen LogP contribution in [-0.4, -0.2) is 41.2 Å². The highest BCUT2D eigenvalue weighted by Crippen LogP contribution is 2.28. The lowest BCUT2D eigenvalue weighted by Gasteiger charge is -2.21. The van der Waals surface area contributed by atoms with E-state index in [1.807, 2.05) is 6.07 Å². The maximum Gasteiger partial charge on any atom is 0.257 e. The number of rotatable bonds is 5. The SMILES string of the molecule is C=CCOc1ccccc1C(=O)N1CCC(O)(CC#N)C1. The molecule has 0 bridgehead atoms. The van der Waals surface area contributed by atoms with Crippen molar-refractivity contribution < 1.29 is 14.6 Å². The molecule has 1 aliphatic heterocycles. The molecule has 0 aliphatic carbocycles. The molecule has 0 saturated carbocycles. The Hall–Kier alpha value is -2.32. The van der Waals surface area contributed by atoms with Crippen LogP contribution in [0.25, 0.3) is 0 Å². The quantitative estimate of drug-likeness (QED) is 0.837. The third-order valence-electron chi connectivity index (χ3n) is 3.50. The summed E-state index contributed by atoms with van der Waals surface area (Å²) >= 11 is 0. The summed E-state index contributed by atoms with van der Waals surface area (Å²) in [4.78, 5) is 14.1. The van der Waals surface area contributed by atoms with Crippen molar-refractivity contribution in [2.45, 2.75) is 18.4 Å². The van der Waals surface area contributed by atoms with Crippen LogP contribution in [0.3, 0.4) is 0 Å². The molecule has 21 heavy (non-hydrogen) atoms. The number of hydrogen-bond donors (Lipinski definition) is 1. The third-order valence-corrected chi connectivity index (χ3v) is 3.50. The number of amides is 1. The van der Waals surface area contributed by atoms with E-state index in [9.17, 15) is 9.90 Å². The fraction of sp³-hybridized carbons (Fsp3) is 0.375. The first-order chi connectivity index (χ1) is 10.1. The Balaban J connectivity index is 2.14. The molecule has 2 rings (SSSR count). The van der Waals surface area contributed by atoms with E-state index in [-0.39, 0.29) is 18.9 Å². The number of ether oxygens (including phenoxy) is 1. The van der Waals surface area contributed by atoms with Crippen LogP contribution >= 0.6 is 0 Å². The molecule has 0 spiro atoms. The second-order valence-corrected chi connectivity index (χ2v) is 5.13. The highest BCUT2D eigenvalue weighted by atomic mass is 16.5. The zero-order valence-corrected chi connectivity index (χ0v) is 11.8. The van der Waals surface area contributed by atoms with Gasteiger partial charge in [-0.05, 0) is 18.6 Å². The van der Waals surface area contributed by atoms with Crippen molar-refractivity contribution >= 4 is 5.91 Å². The zero-order chi connectivity index (χ0) is 15.3. The summed E-state index contributed by atoms with van der Waals surface area (Å²) in [7, 11) is 0. The first-order valence-corrected chi connectivity index (χ1v) is 6.81. The molecule has 110 valence electrons. The van der Waals surface area contributed by atoms with Gasteiger partial charge < -0.3 is 14.7 Å². The molecule has 1 aliphatic rings. The number of likely N-dealkylation sites (tertiary alicyclic amines) is 1. The second-order valence-electron chi connectivity index (χ2n) is 5.13. The molecular weight excluding hydrogens is 268 g/mol. The highest BCUT2D eigenvalue weighted by molar-refractivity contribution is 5.97. The number of benzene rings is 1. The van der Waals surface area contributed by atoms with Crippen LogP contribution in [0.15, 0.2) is 36.9 Å². The van der Waals surface area contributed by atoms with Crippen molar-refractivity contribution in [1.82, 2.24) is 4.90 Å². The van der Waals surface area contributed by atoms with Gasteiger partial charge in [-0.1, -0.05) is 24.8 Å². The molecule has 1 N–H and O–H groups in total. The fourth-order valence-electron chi connectivity index (χ4n) is 2.41. The van der Waals surface area contributed by atoms with Crippen LogP contribution in [0.4, 0.5) is 0 Å². The lowest BCUT2D eigenvalue weighted by atomic mass is 10.0. The molecule has 0 aromatic heterocycles. The van der Waals surface area contributed by atoms with E-state index in [4.69, 9.17) is 10.00 Å². The Kier molecular flexibility index (Phi) is 4.61. The predicted octanol–water partition coefficient (Wildman–Crippen LogP) is 1.74. The average molecular weight is 286 g/mol. The Bertz CT molecular complexity index is 579. The van der Waals surface area contributed by atoms with Gasteiger partial charge in [0, 0.05) is 6.54 Å². The van der Waals surface area contributed by atoms with Crippen LogP contribution in [0.1, 0.15) is 23.2 Å². The van der Waals surface area contributed by atoms with Crippen LogP contribution in [0, 0.1) is 11.3 Å². The molecule has 5 heteroatoms.